The zero-order valence-corrected chi connectivity index (χ0v) is 17.7. The molecule has 0 saturated carbocycles. The molecule has 150 valence electrons. The molecule has 2 aromatic carbocycles. The highest BCUT2D eigenvalue weighted by molar-refractivity contribution is 7.15. The second kappa shape index (κ2) is 8.92. The van der Waals surface area contributed by atoms with Crippen LogP contribution in [0, 0.1) is 13.8 Å². The Morgan fingerprint density at radius 3 is 2.52 bits per heavy atom. The fourth-order valence-corrected chi connectivity index (χ4v) is 4.12. The molecule has 3 aromatic rings. The summed E-state index contributed by atoms with van der Waals surface area (Å²) in [4.78, 5) is 25.6. The molecule has 0 unspecified atom stereocenters. The zero-order valence-electron chi connectivity index (χ0n) is 16.9. The molecule has 3 rings (SSSR count). The highest BCUT2D eigenvalue weighted by Crippen LogP contribution is 2.38. The number of para-hydroxylation sites is 1. The number of anilines is 1. The van der Waals surface area contributed by atoms with E-state index in [0.29, 0.717) is 21.9 Å². The lowest BCUT2D eigenvalue weighted by Crippen LogP contribution is -2.15. The lowest BCUT2D eigenvalue weighted by molar-refractivity contribution is 0.0529. The number of nitrogens with one attached hydrogen (secondary N) is 1. The van der Waals surface area contributed by atoms with Crippen molar-refractivity contribution < 1.29 is 19.1 Å². The molecule has 1 N–H and O–H groups in total. The van der Waals surface area contributed by atoms with Crippen LogP contribution in [0.15, 0.2) is 47.8 Å². The van der Waals surface area contributed by atoms with Crippen LogP contribution in [0.1, 0.15) is 38.8 Å². The quantitative estimate of drug-likeness (QED) is 0.548. The van der Waals surface area contributed by atoms with Gasteiger partial charge in [-0.15, -0.1) is 11.3 Å². The first-order chi connectivity index (χ1) is 14.0. The van der Waals surface area contributed by atoms with Crippen LogP contribution >= 0.6 is 11.3 Å². The first kappa shape index (κ1) is 20.6. The number of methoxy groups -OCH3 is 1. The number of esters is 1. The molecule has 29 heavy (non-hydrogen) atoms. The third kappa shape index (κ3) is 4.32. The number of thiophene rings is 1. The van der Waals surface area contributed by atoms with Gasteiger partial charge in [0, 0.05) is 10.9 Å². The summed E-state index contributed by atoms with van der Waals surface area (Å²) in [5.41, 5.74) is 4.65. The fourth-order valence-electron chi connectivity index (χ4n) is 3.17. The molecule has 0 aliphatic heterocycles. The van der Waals surface area contributed by atoms with E-state index in [0.717, 1.165) is 22.3 Å². The van der Waals surface area contributed by atoms with E-state index in [4.69, 9.17) is 9.47 Å². The Labute approximate surface area is 174 Å². The maximum Gasteiger partial charge on any atom is 0.341 e. The number of carbonyl (C=O) groups excluding carboxylic acids is 2. The summed E-state index contributed by atoms with van der Waals surface area (Å²) >= 11 is 1.30. The molecule has 0 aliphatic carbocycles. The van der Waals surface area contributed by atoms with Gasteiger partial charge in [0.05, 0.1) is 19.3 Å². The molecule has 1 amide bonds. The maximum atomic E-state index is 12.8. The zero-order chi connectivity index (χ0) is 21.0. The molecule has 0 atom stereocenters. The van der Waals surface area contributed by atoms with Crippen molar-refractivity contribution in [2.45, 2.75) is 20.8 Å². The van der Waals surface area contributed by atoms with Crippen LogP contribution in [0.25, 0.3) is 11.1 Å². The Morgan fingerprint density at radius 2 is 1.83 bits per heavy atom. The Hall–Kier alpha value is -3.12. The van der Waals surface area contributed by atoms with E-state index in [1.54, 1.807) is 31.2 Å². The molecule has 0 spiro atoms. The average Bonchev–Trinajstić information content (AvgIpc) is 3.11. The number of hydrogen-bond donors (Lipinski definition) is 1. The van der Waals surface area contributed by atoms with Gasteiger partial charge in [-0.2, -0.15) is 0 Å². The van der Waals surface area contributed by atoms with Crippen molar-refractivity contribution in [1.29, 1.82) is 0 Å². The largest absolute Gasteiger partial charge is 0.496 e. The van der Waals surface area contributed by atoms with Gasteiger partial charge in [0.2, 0.25) is 0 Å². The van der Waals surface area contributed by atoms with Gasteiger partial charge in [-0.3, -0.25) is 4.79 Å². The van der Waals surface area contributed by atoms with Crippen LogP contribution in [0.5, 0.6) is 5.75 Å². The number of aryl methyl sites for hydroxylation is 2. The monoisotopic (exact) mass is 409 g/mol. The first-order valence-corrected chi connectivity index (χ1v) is 10.1. The van der Waals surface area contributed by atoms with E-state index >= 15 is 0 Å². The maximum absolute atomic E-state index is 12.8. The van der Waals surface area contributed by atoms with E-state index in [-0.39, 0.29) is 12.5 Å². The molecule has 1 aromatic heterocycles. The molecule has 0 saturated heterocycles. The van der Waals surface area contributed by atoms with Crippen molar-refractivity contribution in [2.24, 2.45) is 0 Å². The Kier molecular flexibility index (Phi) is 6.34. The summed E-state index contributed by atoms with van der Waals surface area (Å²) in [7, 11) is 1.51. The number of benzene rings is 2. The van der Waals surface area contributed by atoms with Crippen LogP contribution in [-0.2, 0) is 4.74 Å². The SMILES string of the molecule is CCOC(=O)c1c(-c2ccc(C)cc2C)csc1NC(=O)c1ccccc1OC. The Morgan fingerprint density at radius 1 is 1.07 bits per heavy atom. The average molecular weight is 410 g/mol. The predicted molar refractivity (Wildman–Crippen MR) is 116 cm³/mol. The minimum Gasteiger partial charge on any atom is -0.496 e. The second-order valence-corrected chi connectivity index (χ2v) is 7.43. The van der Waals surface area contributed by atoms with Gasteiger partial charge in [0.15, 0.2) is 0 Å². The van der Waals surface area contributed by atoms with Crippen molar-refractivity contribution in [1.82, 2.24) is 0 Å². The van der Waals surface area contributed by atoms with Crippen molar-refractivity contribution in [2.75, 3.05) is 19.0 Å². The number of ether oxygens (including phenoxy) is 2. The minimum absolute atomic E-state index is 0.251. The molecule has 0 bridgehead atoms. The number of amides is 1. The van der Waals surface area contributed by atoms with Gasteiger partial charge in [0.1, 0.15) is 16.3 Å². The first-order valence-electron chi connectivity index (χ1n) is 9.26. The Bertz CT molecular complexity index is 1050. The third-order valence-electron chi connectivity index (χ3n) is 4.52. The summed E-state index contributed by atoms with van der Waals surface area (Å²) in [5, 5.41) is 5.19. The van der Waals surface area contributed by atoms with Crippen molar-refractivity contribution in [3.8, 4) is 16.9 Å². The smallest absolute Gasteiger partial charge is 0.341 e. The van der Waals surface area contributed by atoms with Gasteiger partial charge in [-0.25, -0.2) is 4.79 Å². The van der Waals surface area contributed by atoms with Crippen molar-refractivity contribution in [3.63, 3.8) is 0 Å². The van der Waals surface area contributed by atoms with E-state index in [1.807, 2.05) is 31.4 Å². The summed E-state index contributed by atoms with van der Waals surface area (Å²) < 4.78 is 10.5. The van der Waals surface area contributed by atoms with E-state index in [2.05, 4.69) is 11.4 Å². The van der Waals surface area contributed by atoms with Gasteiger partial charge in [-0.05, 0) is 44.0 Å². The van der Waals surface area contributed by atoms with Crippen molar-refractivity contribution in [3.05, 3.63) is 70.1 Å². The number of carbonyl (C=O) groups is 2. The molecule has 5 nitrogen and oxygen atoms in total. The van der Waals surface area contributed by atoms with Gasteiger partial charge >= 0.3 is 5.97 Å². The summed E-state index contributed by atoms with van der Waals surface area (Å²) in [6.45, 7) is 6.03. The molecular formula is C23H23NO4S. The van der Waals surface area contributed by atoms with Crippen molar-refractivity contribution >= 4 is 28.2 Å². The third-order valence-corrected chi connectivity index (χ3v) is 5.42. The van der Waals surface area contributed by atoms with Crippen LogP contribution < -0.4 is 10.1 Å². The van der Waals surface area contributed by atoms with Crippen LogP contribution in [0.4, 0.5) is 5.00 Å². The van der Waals surface area contributed by atoms with Gasteiger partial charge in [-0.1, -0.05) is 35.9 Å². The normalized spacial score (nSPS) is 10.5. The van der Waals surface area contributed by atoms with E-state index in [9.17, 15) is 9.59 Å². The number of rotatable bonds is 6. The van der Waals surface area contributed by atoms with Gasteiger partial charge < -0.3 is 14.8 Å². The highest BCUT2D eigenvalue weighted by atomic mass is 32.1. The lowest BCUT2D eigenvalue weighted by atomic mass is 9.97. The molecule has 0 radical (unpaired) electrons. The van der Waals surface area contributed by atoms with Gasteiger partial charge in [0.25, 0.3) is 5.91 Å². The fraction of sp³-hybridized carbons (Fsp3) is 0.217. The topological polar surface area (TPSA) is 64.6 Å². The van der Waals surface area contributed by atoms with Crippen LogP contribution in [0.3, 0.4) is 0 Å². The molecule has 6 heteroatoms. The lowest BCUT2D eigenvalue weighted by Gasteiger charge is -2.12. The number of hydrogen-bond acceptors (Lipinski definition) is 5. The molecular weight excluding hydrogens is 386 g/mol. The predicted octanol–water partition coefficient (Wildman–Crippen LogP) is 5.47. The van der Waals surface area contributed by atoms with Crippen LogP contribution in [0.2, 0.25) is 0 Å². The Balaban J connectivity index is 2.04. The summed E-state index contributed by atoms with van der Waals surface area (Å²) in [6.07, 6.45) is 0. The van der Waals surface area contributed by atoms with E-state index < -0.39 is 5.97 Å². The molecule has 0 fully saturated rings. The van der Waals surface area contributed by atoms with E-state index in [1.165, 1.54) is 18.4 Å². The molecule has 1 heterocycles. The minimum atomic E-state index is -0.459. The molecule has 0 aliphatic rings. The second-order valence-electron chi connectivity index (χ2n) is 6.55. The summed E-state index contributed by atoms with van der Waals surface area (Å²) in [5.74, 6) is -0.338. The van der Waals surface area contributed by atoms with Crippen LogP contribution in [-0.4, -0.2) is 25.6 Å². The summed E-state index contributed by atoms with van der Waals surface area (Å²) in [6, 6.07) is 13.0. The standard InChI is InChI=1S/C23H23NO4S/c1-5-28-23(26)20-18(16-11-10-14(2)12-15(16)3)13-29-22(20)24-21(25)17-8-6-7-9-19(17)27-4/h6-13H,5H2,1-4H3,(H,24,25). The highest BCUT2D eigenvalue weighted by Gasteiger charge is 2.24.